The second kappa shape index (κ2) is 6.58. The van der Waals surface area contributed by atoms with Crippen LogP contribution < -0.4 is 10.5 Å². The number of benzene rings is 1. The van der Waals surface area contributed by atoms with Crippen LogP contribution in [0.25, 0.3) is 0 Å². The van der Waals surface area contributed by atoms with Gasteiger partial charge in [0.05, 0.1) is 13.7 Å². The molecule has 8 nitrogen and oxygen atoms in total. The largest absolute Gasteiger partial charge is 0.496 e. The summed E-state index contributed by atoms with van der Waals surface area (Å²) in [5, 5.41) is 13.3. The van der Waals surface area contributed by atoms with Gasteiger partial charge >= 0.3 is 5.97 Å². The minimum atomic E-state index is -1.14. The van der Waals surface area contributed by atoms with Crippen molar-refractivity contribution in [2.24, 2.45) is 5.73 Å². The van der Waals surface area contributed by atoms with Gasteiger partial charge < -0.3 is 15.6 Å². The summed E-state index contributed by atoms with van der Waals surface area (Å²) in [5.41, 5.74) is 6.87. The molecule has 1 atom stereocenters. The third-order valence-corrected chi connectivity index (χ3v) is 4.36. The van der Waals surface area contributed by atoms with Crippen LogP contribution in [-0.4, -0.2) is 56.5 Å². The normalized spacial score (nSPS) is 21.1. The Bertz CT molecular complexity index is 719. The topological polar surface area (TPSA) is 106 Å². The molecule has 1 aliphatic heterocycles. The fraction of sp³-hybridized carbons (Fsp3) is 0.438. The Labute approximate surface area is 139 Å². The minimum absolute atomic E-state index is 0.354. The number of likely N-dealkylation sites (tertiary alicyclic amines) is 1. The molecule has 1 aliphatic rings. The van der Waals surface area contributed by atoms with E-state index in [0.29, 0.717) is 32.6 Å². The van der Waals surface area contributed by atoms with Crippen LogP contribution in [0.1, 0.15) is 17.5 Å². The molecule has 2 heterocycles. The molecule has 3 rings (SSSR count). The van der Waals surface area contributed by atoms with Crippen molar-refractivity contribution in [2.45, 2.75) is 25.0 Å². The second-order valence-corrected chi connectivity index (χ2v) is 6.16. The van der Waals surface area contributed by atoms with E-state index in [1.54, 1.807) is 18.1 Å². The molecule has 1 fully saturated rings. The Morgan fingerprint density at radius 1 is 1.46 bits per heavy atom. The highest BCUT2D eigenvalue weighted by atomic mass is 16.5. The lowest BCUT2D eigenvalue weighted by atomic mass is 10.0. The molecule has 1 unspecified atom stereocenters. The van der Waals surface area contributed by atoms with E-state index in [0.717, 1.165) is 16.9 Å². The minimum Gasteiger partial charge on any atom is -0.496 e. The second-order valence-electron chi connectivity index (χ2n) is 6.16. The van der Waals surface area contributed by atoms with Crippen LogP contribution in [0.4, 0.5) is 0 Å². The summed E-state index contributed by atoms with van der Waals surface area (Å²) >= 11 is 0. The average Bonchev–Trinajstić information content (AvgIpc) is 3.18. The summed E-state index contributed by atoms with van der Waals surface area (Å²) in [6.45, 7) is 2.24. The molecule has 128 valence electrons. The smallest absolute Gasteiger partial charge is 0.325 e. The zero-order valence-electron chi connectivity index (χ0n) is 13.6. The number of rotatable bonds is 6. The van der Waals surface area contributed by atoms with E-state index in [4.69, 9.17) is 10.5 Å². The van der Waals surface area contributed by atoms with Gasteiger partial charge in [-0.3, -0.25) is 9.69 Å². The van der Waals surface area contributed by atoms with Crippen molar-refractivity contribution in [3.63, 3.8) is 0 Å². The van der Waals surface area contributed by atoms with Crippen LogP contribution in [-0.2, 0) is 17.9 Å². The summed E-state index contributed by atoms with van der Waals surface area (Å²) in [7, 11) is 1.63. The van der Waals surface area contributed by atoms with Crippen LogP contribution in [0.3, 0.4) is 0 Å². The molecule has 8 heteroatoms. The van der Waals surface area contributed by atoms with E-state index in [2.05, 4.69) is 21.0 Å². The average molecular weight is 331 g/mol. The number of nitrogens with two attached hydrogens (primary N) is 1. The molecule has 1 aromatic heterocycles. The Morgan fingerprint density at radius 2 is 2.29 bits per heavy atom. The molecular weight excluding hydrogens is 310 g/mol. The van der Waals surface area contributed by atoms with Crippen molar-refractivity contribution in [2.75, 3.05) is 20.2 Å². The van der Waals surface area contributed by atoms with Crippen LogP contribution in [0.5, 0.6) is 5.75 Å². The Hall–Kier alpha value is -2.45. The van der Waals surface area contributed by atoms with Gasteiger partial charge in [0.1, 0.15) is 23.9 Å². The number of hydrogen-bond donors (Lipinski definition) is 2. The van der Waals surface area contributed by atoms with Crippen molar-refractivity contribution in [1.29, 1.82) is 0 Å². The number of carboxylic acids is 1. The predicted molar refractivity (Wildman–Crippen MR) is 86.6 cm³/mol. The monoisotopic (exact) mass is 331 g/mol. The van der Waals surface area contributed by atoms with Gasteiger partial charge in [-0.25, -0.2) is 9.67 Å². The number of nitrogens with zero attached hydrogens (tertiary/aromatic N) is 4. The standard InChI is InChI=1S/C16H21N5O3/c1-24-14-3-2-12(6-13(14)8-21-11-18-10-19-21)7-20-5-4-16(17,9-20)15(22)23/h2-3,6,10-11H,4-5,7-9,17H2,1H3,(H,22,23). The number of carbonyl (C=O) groups is 1. The van der Waals surface area contributed by atoms with Crippen LogP contribution in [0.2, 0.25) is 0 Å². The molecule has 1 saturated heterocycles. The number of hydrogen-bond acceptors (Lipinski definition) is 6. The fourth-order valence-electron chi connectivity index (χ4n) is 3.03. The Kier molecular flexibility index (Phi) is 4.50. The molecule has 3 N–H and O–H groups in total. The van der Waals surface area contributed by atoms with E-state index in [9.17, 15) is 9.90 Å². The maximum atomic E-state index is 11.3. The highest BCUT2D eigenvalue weighted by Crippen LogP contribution is 2.24. The summed E-state index contributed by atoms with van der Waals surface area (Å²) in [6.07, 6.45) is 3.61. The number of ether oxygens (including phenoxy) is 1. The molecule has 24 heavy (non-hydrogen) atoms. The van der Waals surface area contributed by atoms with Gasteiger partial charge in [0.25, 0.3) is 0 Å². The molecule has 2 aromatic rings. The summed E-state index contributed by atoms with van der Waals surface area (Å²) in [5.74, 6) is -0.152. The number of aromatic nitrogens is 3. The zero-order chi connectivity index (χ0) is 17.2. The Morgan fingerprint density at radius 3 is 2.92 bits per heavy atom. The summed E-state index contributed by atoms with van der Waals surface area (Å²) in [6, 6.07) is 5.96. The maximum absolute atomic E-state index is 11.3. The van der Waals surface area contributed by atoms with Crippen LogP contribution >= 0.6 is 0 Å². The fourth-order valence-corrected chi connectivity index (χ4v) is 3.03. The quantitative estimate of drug-likeness (QED) is 0.785. The maximum Gasteiger partial charge on any atom is 0.325 e. The zero-order valence-corrected chi connectivity index (χ0v) is 13.6. The first kappa shape index (κ1) is 16.4. The van der Waals surface area contributed by atoms with Gasteiger partial charge in [-0.1, -0.05) is 6.07 Å². The predicted octanol–water partition coefficient (Wildman–Crippen LogP) is 0.323. The molecule has 0 spiro atoms. The molecular formula is C16H21N5O3. The first-order valence-electron chi connectivity index (χ1n) is 7.73. The molecule has 0 radical (unpaired) electrons. The van der Waals surface area contributed by atoms with Crippen molar-refractivity contribution in [1.82, 2.24) is 19.7 Å². The SMILES string of the molecule is COc1ccc(CN2CCC(N)(C(=O)O)C2)cc1Cn1cncn1. The molecule has 0 saturated carbocycles. The van der Waals surface area contributed by atoms with Gasteiger partial charge in [0.15, 0.2) is 0 Å². The van der Waals surface area contributed by atoms with Gasteiger partial charge in [-0.05, 0) is 24.1 Å². The lowest BCUT2D eigenvalue weighted by Crippen LogP contribution is -2.50. The molecule has 1 aromatic carbocycles. The molecule has 0 amide bonds. The van der Waals surface area contributed by atoms with Crippen molar-refractivity contribution >= 4 is 5.97 Å². The third-order valence-electron chi connectivity index (χ3n) is 4.36. The van der Waals surface area contributed by atoms with E-state index < -0.39 is 11.5 Å². The molecule has 0 bridgehead atoms. The van der Waals surface area contributed by atoms with Crippen molar-refractivity contribution in [3.8, 4) is 5.75 Å². The number of aliphatic carboxylic acids is 1. The first-order chi connectivity index (χ1) is 11.5. The van der Waals surface area contributed by atoms with E-state index in [-0.39, 0.29) is 0 Å². The van der Waals surface area contributed by atoms with Gasteiger partial charge in [0.2, 0.25) is 0 Å². The van der Waals surface area contributed by atoms with E-state index in [1.807, 2.05) is 12.1 Å². The van der Waals surface area contributed by atoms with Crippen molar-refractivity contribution in [3.05, 3.63) is 42.0 Å². The summed E-state index contributed by atoms with van der Waals surface area (Å²) in [4.78, 5) is 17.3. The summed E-state index contributed by atoms with van der Waals surface area (Å²) < 4.78 is 7.14. The molecule has 0 aliphatic carbocycles. The lowest BCUT2D eigenvalue weighted by Gasteiger charge is -2.20. The van der Waals surface area contributed by atoms with E-state index in [1.165, 1.54) is 6.33 Å². The highest BCUT2D eigenvalue weighted by Gasteiger charge is 2.41. The van der Waals surface area contributed by atoms with E-state index >= 15 is 0 Å². The van der Waals surface area contributed by atoms with Gasteiger partial charge in [-0.2, -0.15) is 5.10 Å². The van der Waals surface area contributed by atoms with Crippen LogP contribution in [0.15, 0.2) is 30.9 Å². The van der Waals surface area contributed by atoms with Crippen LogP contribution in [0, 0.1) is 0 Å². The van der Waals surface area contributed by atoms with Crippen molar-refractivity contribution < 1.29 is 14.6 Å². The van der Waals surface area contributed by atoms with Gasteiger partial charge in [-0.15, -0.1) is 0 Å². The first-order valence-corrected chi connectivity index (χ1v) is 7.73. The number of carboxylic acid groups (broad SMARTS) is 1. The highest BCUT2D eigenvalue weighted by molar-refractivity contribution is 5.79. The number of methoxy groups -OCH3 is 1. The van der Waals surface area contributed by atoms with Gasteiger partial charge in [0, 0.05) is 25.2 Å². The Balaban J connectivity index is 1.74. The third kappa shape index (κ3) is 3.39. The lowest BCUT2D eigenvalue weighted by molar-refractivity contribution is -0.142.